The van der Waals surface area contributed by atoms with E-state index in [-0.39, 0.29) is 16.8 Å². The van der Waals surface area contributed by atoms with Gasteiger partial charge in [0.1, 0.15) is 11.6 Å². The van der Waals surface area contributed by atoms with Gasteiger partial charge in [-0.1, -0.05) is 6.07 Å². The molecule has 42 heavy (non-hydrogen) atoms. The van der Waals surface area contributed by atoms with E-state index in [0.717, 1.165) is 16.9 Å². The summed E-state index contributed by atoms with van der Waals surface area (Å²) in [6, 6.07) is 6.85. The summed E-state index contributed by atoms with van der Waals surface area (Å²) in [6.07, 6.45) is 5.15. The van der Waals surface area contributed by atoms with Crippen molar-refractivity contribution in [1.82, 2.24) is 19.5 Å². The van der Waals surface area contributed by atoms with Crippen molar-refractivity contribution < 1.29 is 8.60 Å². The molecule has 0 radical (unpaired) electrons. The van der Waals surface area contributed by atoms with Gasteiger partial charge < -0.3 is 15.1 Å². The number of benzene rings is 1. The molecule has 0 spiro atoms. The van der Waals surface area contributed by atoms with E-state index >= 15 is 4.39 Å². The second-order valence-corrected chi connectivity index (χ2v) is 13.3. The summed E-state index contributed by atoms with van der Waals surface area (Å²) in [5.41, 5.74) is 3.42. The zero-order chi connectivity index (χ0) is 30.3. The minimum atomic E-state index is -2.74. The molecule has 222 valence electrons. The number of aromatic nitrogens is 4. The molecule has 3 aromatic heterocycles. The Kier molecular flexibility index (Phi) is 7.93. The summed E-state index contributed by atoms with van der Waals surface area (Å²) in [4.78, 5) is 30.9. The average Bonchev–Trinajstić information content (AvgIpc) is 2.97. The number of hydrogen-bond acceptors (Lipinski definition) is 9. The molecule has 4 aromatic rings. The van der Waals surface area contributed by atoms with Gasteiger partial charge in [-0.25, -0.2) is 27.9 Å². The third kappa shape index (κ3) is 5.42. The van der Waals surface area contributed by atoms with Crippen molar-refractivity contribution >= 4 is 37.7 Å². The molecule has 0 saturated carbocycles. The van der Waals surface area contributed by atoms with Crippen molar-refractivity contribution in [1.29, 1.82) is 0 Å². The van der Waals surface area contributed by atoms with Crippen LogP contribution in [0.1, 0.15) is 35.6 Å². The molecule has 1 fully saturated rings. The summed E-state index contributed by atoms with van der Waals surface area (Å²) < 4.78 is 35.4. The molecule has 2 atom stereocenters. The maximum absolute atomic E-state index is 16.7. The predicted molar refractivity (Wildman–Crippen MR) is 167 cm³/mol. The molecule has 1 unspecified atom stereocenters. The number of nitrogens with zero attached hydrogens (tertiary/aromatic N) is 7. The summed E-state index contributed by atoms with van der Waals surface area (Å²) in [5, 5.41) is 4.35. The van der Waals surface area contributed by atoms with E-state index in [1.807, 2.05) is 50.8 Å². The normalized spacial score (nSPS) is 15.9. The van der Waals surface area contributed by atoms with Gasteiger partial charge in [-0.05, 0) is 57.0 Å². The molecular weight excluding hydrogens is 555 g/mol. The second kappa shape index (κ2) is 11.3. The van der Waals surface area contributed by atoms with Crippen LogP contribution in [0.5, 0.6) is 0 Å². The maximum atomic E-state index is 16.7. The second-order valence-electron chi connectivity index (χ2n) is 10.9. The molecule has 0 amide bonds. The first-order valence-corrected chi connectivity index (χ1v) is 15.8. The van der Waals surface area contributed by atoms with Crippen LogP contribution in [0, 0.1) is 26.6 Å². The Morgan fingerprint density at radius 3 is 2.33 bits per heavy atom. The minimum absolute atomic E-state index is 0.257. The highest BCUT2D eigenvalue weighted by molar-refractivity contribution is 7.93. The minimum Gasteiger partial charge on any atom is -0.376 e. The van der Waals surface area contributed by atoms with Crippen LogP contribution in [0.3, 0.4) is 0 Å². The van der Waals surface area contributed by atoms with Gasteiger partial charge in [-0.15, -0.1) is 0 Å². The lowest BCUT2D eigenvalue weighted by Crippen LogP contribution is -2.48. The smallest absolute Gasteiger partial charge is 0.259 e. The lowest BCUT2D eigenvalue weighted by molar-refractivity contribution is 0.576. The zero-order valence-electron chi connectivity index (χ0n) is 25.1. The standard InChI is InChI=1S/C30H37FN8O2S/c1-18-14-23(20(3)36-25-9-8-19(2)35-28(25)42(7,41)32-5)26-24(15-18)30(40)37(6)29(27(26)31)39-12-10-38(11-13-39)22-16-33-21(4)34-17-22/h8-9,14-17,20,36H,10-13H2,1-7H3/t20-,42?/m1/s1. The molecule has 1 aliphatic rings. The highest BCUT2D eigenvalue weighted by Crippen LogP contribution is 2.34. The number of anilines is 3. The Morgan fingerprint density at radius 1 is 1.05 bits per heavy atom. The lowest BCUT2D eigenvalue weighted by atomic mass is 9.97. The van der Waals surface area contributed by atoms with Crippen molar-refractivity contribution in [2.24, 2.45) is 11.4 Å². The largest absolute Gasteiger partial charge is 0.376 e. The van der Waals surface area contributed by atoms with Crippen LogP contribution in [0.2, 0.25) is 0 Å². The fourth-order valence-corrected chi connectivity index (χ4v) is 6.53. The molecule has 4 heterocycles. The van der Waals surface area contributed by atoms with E-state index in [9.17, 15) is 9.00 Å². The maximum Gasteiger partial charge on any atom is 0.259 e. The lowest BCUT2D eigenvalue weighted by Gasteiger charge is -2.37. The van der Waals surface area contributed by atoms with Gasteiger partial charge >= 0.3 is 0 Å². The van der Waals surface area contributed by atoms with Gasteiger partial charge in [-0.3, -0.25) is 9.36 Å². The number of piperazine rings is 1. The fourth-order valence-electron chi connectivity index (χ4n) is 5.51. The van der Waals surface area contributed by atoms with Crippen LogP contribution < -0.4 is 20.7 Å². The zero-order valence-corrected chi connectivity index (χ0v) is 25.9. The molecule has 0 aliphatic carbocycles. The van der Waals surface area contributed by atoms with E-state index in [2.05, 4.69) is 29.5 Å². The molecule has 1 N–H and O–H groups in total. The van der Waals surface area contributed by atoms with Crippen LogP contribution in [0.25, 0.3) is 10.8 Å². The van der Waals surface area contributed by atoms with Crippen LogP contribution >= 0.6 is 0 Å². The Bertz CT molecular complexity index is 1840. The van der Waals surface area contributed by atoms with Gasteiger partial charge in [0.2, 0.25) is 0 Å². The molecule has 12 heteroatoms. The SMILES string of the molecule is CN=S(C)(=O)c1nc(C)ccc1N[C@H](C)c1cc(C)cc2c(=O)n(C)c(N3CCN(c4cnc(C)nc4)CC3)c(F)c12. The molecular formula is C30H37FN8O2S. The van der Waals surface area contributed by atoms with Crippen molar-refractivity contribution in [2.75, 3.05) is 54.6 Å². The van der Waals surface area contributed by atoms with Crippen LogP contribution in [-0.2, 0) is 16.8 Å². The van der Waals surface area contributed by atoms with E-state index in [4.69, 9.17) is 0 Å². The molecule has 1 aromatic carbocycles. The van der Waals surface area contributed by atoms with Gasteiger partial charge in [-0.2, -0.15) is 0 Å². The number of fused-ring (bicyclic) bond motifs is 1. The van der Waals surface area contributed by atoms with Crippen molar-refractivity contribution in [3.63, 3.8) is 0 Å². The number of aryl methyl sites for hydroxylation is 3. The van der Waals surface area contributed by atoms with Crippen molar-refractivity contribution in [2.45, 2.75) is 38.8 Å². The van der Waals surface area contributed by atoms with Crippen LogP contribution in [0.15, 0.2) is 50.8 Å². The number of hydrogen-bond donors (Lipinski definition) is 1. The first kappa shape index (κ1) is 29.4. The molecule has 1 aliphatic heterocycles. The Morgan fingerprint density at radius 2 is 1.69 bits per heavy atom. The van der Waals surface area contributed by atoms with Crippen LogP contribution in [0.4, 0.5) is 21.6 Å². The number of halogens is 1. The quantitative estimate of drug-likeness (QED) is 0.352. The van der Waals surface area contributed by atoms with E-state index in [1.165, 1.54) is 11.6 Å². The first-order chi connectivity index (χ1) is 19.9. The molecule has 10 nitrogen and oxygen atoms in total. The number of nitrogens with one attached hydrogen (secondary N) is 1. The fraction of sp³-hybridized carbons (Fsp3) is 0.400. The van der Waals surface area contributed by atoms with Gasteiger partial charge in [0.25, 0.3) is 5.56 Å². The summed E-state index contributed by atoms with van der Waals surface area (Å²) in [7, 11) is 0.391. The van der Waals surface area contributed by atoms with Crippen molar-refractivity contribution in [3.8, 4) is 0 Å². The number of pyridine rings is 2. The van der Waals surface area contributed by atoms with E-state index in [0.29, 0.717) is 53.7 Å². The summed E-state index contributed by atoms with van der Waals surface area (Å²) >= 11 is 0. The molecule has 0 bridgehead atoms. The third-order valence-electron chi connectivity index (χ3n) is 7.84. The van der Waals surface area contributed by atoms with Gasteiger partial charge in [0, 0.05) is 63.7 Å². The summed E-state index contributed by atoms with van der Waals surface area (Å²) in [6.45, 7) is 9.80. The van der Waals surface area contributed by atoms with Gasteiger partial charge in [0.15, 0.2) is 10.8 Å². The summed E-state index contributed by atoms with van der Waals surface area (Å²) in [5.74, 6) is 0.538. The Labute approximate surface area is 245 Å². The Hall–Kier alpha value is -4.06. The highest BCUT2D eigenvalue weighted by atomic mass is 32.2. The predicted octanol–water partition coefficient (Wildman–Crippen LogP) is 4.37. The molecule has 5 rings (SSSR count). The monoisotopic (exact) mass is 592 g/mol. The third-order valence-corrected chi connectivity index (χ3v) is 9.56. The average molecular weight is 593 g/mol. The molecule has 1 saturated heterocycles. The first-order valence-electron chi connectivity index (χ1n) is 13.9. The highest BCUT2D eigenvalue weighted by Gasteiger charge is 2.27. The van der Waals surface area contributed by atoms with Crippen LogP contribution in [-0.4, -0.2) is 63.2 Å². The number of rotatable bonds is 6. The topological polar surface area (TPSA) is 109 Å². The van der Waals surface area contributed by atoms with Crippen molar-refractivity contribution in [3.05, 3.63) is 75.5 Å². The van der Waals surface area contributed by atoms with Gasteiger partial charge in [0.05, 0.1) is 38.9 Å². The van der Waals surface area contributed by atoms with E-state index < -0.39 is 21.6 Å². The Balaban J connectivity index is 1.55. The van der Waals surface area contributed by atoms with E-state index in [1.54, 1.807) is 31.8 Å².